The second kappa shape index (κ2) is 9.46. The molecule has 0 aromatic heterocycles. The number of phenolic OH excluding ortho intramolecular Hbond substituents is 1. The Morgan fingerprint density at radius 2 is 1.90 bits per heavy atom. The summed E-state index contributed by atoms with van der Waals surface area (Å²) in [7, 11) is 0. The molecule has 3 nitrogen and oxygen atoms in total. The van der Waals surface area contributed by atoms with Crippen molar-refractivity contribution in [1.82, 2.24) is 10.2 Å². The molecule has 0 unspecified atom stereocenters. The van der Waals surface area contributed by atoms with Crippen molar-refractivity contribution in [3.63, 3.8) is 0 Å². The molecule has 1 fully saturated rings. The van der Waals surface area contributed by atoms with Gasteiger partial charge in [-0.05, 0) is 18.9 Å². The van der Waals surface area contributed by atoms with Crippen LogP contribution in [0.25, 0.3) is 0 Å². The molecule has 1 heterocycles. The molecule has 0 radical (unpaired) electrons. The van der Waals surface area contributed by atoms with Crippen LogP contribution in [-0.2, 0) is 0 Å². The molecule has 0 saturated carbocycles. The van der Waals surface area contributed by atoms with Crippen molar-refractivity contribution in [2.24, 2.45) is 0 Å². The topological polar surface area (TPSA) is 35.5 Å². The van der Waals surface area contributed by atoms with E-state index in [2.05, 4.69) is 17.1 Å². The lowest BCUT2D eigenvalue weighted by Crippen LogP contribution is -2.45. The molecule has 0 bridgehead atoms. The Morgan fingerprint density at radius 1 is 1.29 bits per heavy atom. The minimum absolute atomic E-state index is 0. The molecular weight excluding hydrogens is 314 g/mol. The number of aromatic hydroxyl groups is 1. The van der Waals surface area contributed by atoms with E-state index in [-0.39, 0.29) is 36.6 Å². The zero-order chi connectivity index (χ0) is 13.8. The summed E-state index contributed by atoms with van der Waals surface area (Å²) >= 11 is 0. The summed E-state index contributed by atoms with van der Waals surface area (Å²) in [4.78, 5) is 2.34. The fourth-order valence-electron chi connectivity index (χ4n) is 2.75. The van der Waals surface area contributed by atoms with Crippen LogP contribution in [0, 0.1) is 12.7 Å². The summed E-state index contributed by atoms with van der Waals surface area (Å²) in [6, 6.07) is 3.74. The summed E-state index contributed by atoms with van der Waals surface area (Å²) in [6.45, 7) is 7.60. The number of piperazine rings is 1. The number of aryl methyl sites for hydroxylation is 1. The molecule has 6 heteroatoms. The van der Waals surface area contributed by atoms with Crippen LogP contribution in [-0.4, -0.2) is 36.2 Å². The van der Waals surface area contributed by atoms with Gasteiger partial charge >= 0.3 is 0 Å². The molecule has 2 N–H and O–H groups in total. The predicted octanol–water partition coefficient (Wildman–Crippen LogP) is 3.43. The third kappa shape index (κ3) is 4.71. The summed E-state index contributed by atoms with van der Waals surface area (Å²) in [6.07, 6.45) is 1.96. The second-order valence-electron chi connectivity index (χ2n) is 5.22. The number of rotatable bonds is 4. The fraction of sp³-hybridized carbons (Fsp3) is 0.600. The summed E-state index contributed by atoms with van der Waals surface area (Å²) in [5.74, 6) is -0.647. The first kappa shape index (κ1) is 20.5. The SMILES string of the molecule is CCC[C@H](c1ccc(C)c(F)c1O)N1CCNCC1.Cl.Cl. The number of hydrogen-bond donors (Lipinski definition) is 2. The molecule has 0 aliphatic carbocycles. The highest BCUT2D eigenvalue weighted by Crippen LogP contribution is 2.35. The van der Waals surface area contributed by atoms with Crippen LogP contribution in [0.1, 0.15) is 36.9 Å². The van der Waals surface area contributed by atoms with Gasteiger partial charge in [0.15, 0.2) is 11.6 Å². The lowest BCUT2D eigenvalue weighted by Gasteiger charge is -2.35. The largest absolute Gasteiger partial charge is 0.505 e. The number of benzene rings is 1. The zero-order valence-electron chi connectivity index (χ0n) is 12.6. The van der Waals surface area contributed by atoms with E-state index in [0.717, 1.165) is 44.6 Å². The maximum atomic E-state index is 13.9. The van der Waals surface area contributed by atoms with Gasteiger partial charge in [0.25, 0.3) is 0 Å². The van der Waals surface area contributed by atoms with Crippen molar-refractivity contribution in [2.75, 3.05) is 26.2 Å². The zero-order valence-corrected chi connectivity index (χ0v) is 14.2. The maximum Gasteiger partial charge on any atom is 0.168 e. The van der Waals surface area contributed by atoms with Crippen LogP contribution in [0.2, 0.25) is 0 Å². The molecule has 1 saturated heterocycles. The molecule has 1 aliphatic heterocycles. The number of nitrogens with zero attached hydrogens (tertiary/aromatic N) is 1. The fourth-order valence-corrected chi connectivity index (χ4v) is 2.75. The van der Waals surface area contributed by atoms with Gasteiger partial charge < -0.3 is 10.4 Å². The minimum atomic E-state index is -0.478. The average Bonchev–Trinajstić information content (AvgIpc) is 2.44. The van der Waals surface area contributed by atoms with E-state index >= 15 is 0 Å². The quantitative estimate of drug-likeness (QED) is 0.882. The summed E-state index contributed by atoms with van der Waals surface area (Å²) in [5.41, 5.74) is 1.23. The molecule has 1 aromatic rings. The number of hydrogen-bond acceptors (Lipinski definition) is 3. The third-order valence-corrected chi connectivity index (χ3v) is 3.85. The molecule has 122 valence electrons. The first-order valence-electron chi connectivity index (χ1n) is 7.08. The van der Waals surface area contributed by atoms with Gasteiger partial charge in [0.1, 0.15) is 0 Å². The average molecular weight is 339 g/mol. The molecule has 21 heavy (non-hydrogen) atoms. The van der Waals surface area contributed by atoms with Crippen LogP contribution in [0.3, 0.4) is 0 Å². The first-order valence-corrected chi connectivity index (χ1v) is 7.08. The standard InChI is InChI=1S/C15H23FN2O.2ClH/c1-3-4-13(18-9-7-17-8-10-18)12-6-5-11(2)14(16)15(12)19;;/h5-6,13,17,19H,3-4,7-10H2,1-2H3;2*1H/t13-;;/m1../s1. The van der Waals surface area contributed by atoms with Crippen LogP contribution < -0.4 is 5.32 Å². The predicted molar refractivity (Wildman–Crippen MR) is 89.4 cm³/mol. The Hall–Kier alpha value is -0.550. The van der Waals surface area contributed by atoms with Gasteiger partial charge in [-0.15, -0.1) is 24.8 Å². The Bertz CT molecular complexity index is 440. The van der Waals surface area contributed by atoms with Crippen molar-refractivity contribution in [2.45, 2.75) is 32.7 Å². The van der Waals surface area contributed by atoms with Crippen LogP contribution in [0.4, 0.5) is 4.39 Å². The Kier molecular flexibility index (Phi) is 9.22. The number of nitrogens with one attached hydrogen (secondary N) is 1. The lowest BCUT2D eigenvalue weighted by molar-refractivity contribution is 0.161. The second-order valence-corrected chi connectivity index (χ2v) is 5.22. The molecule has 0 amide bonds. The van der Waals surface area contributed by atoms with Crippen molar-refractivity contribution < 1.29 is 9.50 Å². The Balaban J connectivity index is 0.00000200. The number of phenols is 1. The van der Waals surface area contributed by atoms with Gasteiger partial charge in [0.2, 0.25) is 0 Å². The molecular formula is C15H25Cl2FN2O. The highest BCUT2D eigenvalue weighted by atomic mass is 35.5. The Labute approximate surface area is 138 Å². The minimum Gasteiger partial charge on any atom is -0.505 e. The smallest absolute Gasteiger partial charge is 0.168 e. The van der Waals surface area contributed by atoms with E-state index in [1.165, 1.54) is 0 Å². The van der Waals surface area contributed by atoms with E-state index in [1.807, 2.05) is 6.07 Å². The van der Waals surface area contributed by atoms with Crippen LogP contribution in [0.5, 0.6) is 5.75 Å². The van der Waals surface area contributed by atoms with E-state index in [9.17, 15) is 9.50 Å². The van der Waals surface area contributed by atoms with Crippen molar-refractivity contribution in [3.05, 3.63) is 29.1 Å². The first-order chi connectivity index (χ1) is 9.15. The van der Waals surface area contributed by atoms with E-state index in [4.69, 9.17) is 0 Å². The molecule has 1 atom stereocenters. The molecule has 1 aliphatic rings. The van der Waals surface area contributed by atoms with Crippen molar-refractivity contribution >= 4 is 24.8 Å². The van der Waals surface area contributed by atoms with Crippen molar-refractivity contribution in [3.8, 4) is 5.75 Å². The summed E-state index contributed by atoms with van der Waals surface area (Å²) in [5, 5.41) is 13.4. The van der Waals surface area contributed by atoms with E-state index < -0.39 is 5.82 Å². The van der Waals surface area contributed by atoms with Gasteiger partial charge in [-0.2, -0.15) is 0 Å². The van der Waals surface area contributed by atoms with Gasteiger partial charge in [0.05, 0.1) is 0 Å². The highest BCUT2D eigenvalue weighted by Gasteiger charge is 2.25. The van der Waals surface area contributed by atoms with Gasteiger partial charge in [-0.25, -0.2) is 4.39 Å². The third-order valence-electron chi connectivity index (χ3n) is 3.85. The van der Waals surface area contributed by atoms with Crippen LogP contribution in [0.15, 0.2) is 12.1 Å². The van der Waals surface area contributed by atoms with Gasteiger partial charge in [-0.1, -0.05) is 25.5 Å². The lowest BCUT2D eigenvalue weighted by atomic mass is 9.97. The molecule has 0 spiro atoms. The van der Waals surface area contributed by atoms with Crippen LogP contribution >= 0.6 is 24.8 Å². The molecule has 2 rings (SSSR count). The number of halogens is 3. The maximum absolute atomic E-state index is 13.9. The normalized spacial score (nSPS) is 16.7. The van der Waals surface area contributed by atoms with E-state index in [0.29, 0.717) is 5.56 Å². The van der Waals surface area contributed by atoms with Gasteiger partial charge in [0, 0.05) is 37.8 Å². The summed E-state index contributed by atoms with van der Waals surface area (Å²) < 4.78 is 13.9. The highest BCUT2D eigenvalue weighted by molar-refractivity contribution is 5.85. The monoisotopic (exact) mass is 338 g/mol. The van der Waals surface area contributed by atoms with E-state index in [1.54, 1.807) is 13.0 Å². The van der Waals surface area contributed by atoms with Gasteiger partial charge in [-0.3, -0.25) is 4.90 Å². The Morgan fingerprint density at radius 3 is 2.48 bits per heavy atom. The molecule has 1 aromatic carbocycles. The van der Waals surface area contributed by atoms with Crippen molar-refractivity contribution in [1.29, 1.82) is 0 Å².